The van der Waals surface area contributed by atoms with Crippen molar-refractivity contribution in [2.45, 2.75) is 16.6 Å². The fourth-order valence-corrected chi connectivity index (χ4v) is 2.64. The second kappa shape index (κ2) is 4.62. The Kier molecular flexibility index (Phi) is 4.01. The van der Waals surface area contributed by atoms with Gasteiger partial charge in [-0.25, -0.2) is 0 Å². The van der Waals surface area contributed by atoms with Gasteiger partial charge >= 0.3 is 0 Å². The smallest absolute Gasteiger partial charge is 0.147 e. The number of rotatable bonds is 2. The maximum absolute atomic E-state index is 11.1. The molecule has 0 amide bonds. The van der Waals surface area contributed by atoms with E-state index in [9.17, 15) is 4.79 Å². The summed E-state index contributed by atoms with van der Waals surface area (Å²) in [7, 11) is 0. The van der Waals surface area contributed by atoms with Gasteiger partial charge in [-0.3, -0.25) is 4.79 Å². The van der Waals surface area contributed by atoms with E-state index in [1.165, 1.54) is 0 Å². The topological polar surface area (TPSA) is 17.1 Å². The van der Waals surface area contributed by atoms with Crippen molar-refractivity contribution in [3.05, 3.63) is 28.2 Å². The van der Waals surface area contributed by atoms with Crippen molar-refractivity contribution in [2.75, 3.05) is 0 Å². The Hall–Kier alpha value is 0.200. The van der Waals surface area contributed by atoms with Gasteiger partial charge in [-0.1, -0.05) is 37.9 Å². The molecule has 0 aliphatic rings. The van der Waals surface area contributed by atoms with Crippen LogP contribution in [0.4, 0.5) is 0 Å². The highest BCUT2D eigenvalue weighted by Gasteiger charge is 2.15. The molecule has 1 unspecified atom stereocenters. The number of hydrogen-bond donors (Lipinski definition) is 1. The number of Topliss-reactive ketones (excluding diaryl/α,β-unsaturated/α-hetero) is 1. The summed E-state index contributed by atoms with van der Waals surface area (Å²) in [6, 6.07) is 5.61. The summed E-state index contributed by atoms with van der Waals surface area (Å²) in [6.07, 6.45) is 0. The van der Waals surface area contributed by atoms with E-state index in [1.54, 1.807) is 6.92 Å². The van der Waals surface area contributed by atoms with E-state index in [0.717, 1.165) is 14.9 Å². The first-order chi connectivity index (χ1) is 6.02. The zero-order valence-corrected chi connectivity index (χ0v) is 11.0. The molecule has 13 heavy (non-hydrogen) atoms. The number of halogens is 2. The third kappa shape index (κ3) is 2.82. The van der Waals surface area contributed by atoms with Gasteiger partial charge in [0, 0.05) is 9.37 Å². The minimum atomic E-state index is -0.240. The molecular formula is C9H8Br2OS. The van der Waals surface area contributed by atoms with E-state index in [0.29, 0.717) is 0 Å². The summed E-state index contributed by atoms with van der Waals surface area (Å²) < 4.78 is 0.900. The molecule has 1 nitrogen and oxygen atoms in total. The van der Waals surface area contributed by atoms with Crippen molar-refractivity contribution in [1.82, 2.24) is 0 Å². The maximum atomic E-state index is 11.1. The Bertz CT molecular complexity index is 338. The lowest BCUT2D eigenvalue weighted by atomic mass is 10.1. The van der Waals surface area contributed by atoms with E-state index < -0.39 is 0 Å². The fourth-order valence-electron chi connectivity index (χ4n) is 0.941. The minimum absolute atomic E-state index is 0.0904. The van der Waals surface area contributed by atoms with E-state index in [4.69, 9.17) is 0 Å². The number of ketones is 1. The summed E-state index contributed by atoms with van der Waals surface area (Å²) >= 11 is 10.9. The molecule has 0 radical (unpaired) electrons. The molecule has 0 N–H and O–H groups in total. The molecule has 0 aliphatic heterocycles. The second-order valence-corrected chi connectivity index (χ2v) is 4.97. The molecular weight excluding hydrogens is 316 g/mol. The monoisotopic (exact) mass is 322 g/mol. The highest BCUT2D eigenvalue weighted by Crippen LogP contribution is 2.31. The molecule has 0 aliphatic carbocycles. The van der Waals surface area contributed by atoms with Gasteiger partial charge in [0.05, 0.1) is 4.83 Å². The zero-order chi connectivity index (χ0) is 10.0. The average Bonchev–Trinajstić information content (AvgIpc) is 2.03. The van der Waals surface area contributed by atoms with Gasteiger partial charge in [0.25, 0.3) is 0 Å². The van der Waals surface area contributed by atoms with Crippen LogP contribution in [-0.4, -0.2) is 5.78 Å². The number of carbonyl (C=O) groups excluding carboxylic acids is 1. The molecule has 0 aromatic heterocycles. The molecule has 1 atom stereocenters. The fraction of sp³-hybridized carbons (Fsp3) is 0.222. The molecule has 1 aromatic rings. The summed E-state index contributed by atoms with van der Waals surface area (Å²) in [4.78, 5) is 11.7. The zero-order valence-electron chi connectivity index (χ0n) is 6.92. The minimum Gasteiger partial charge on any atom is -0.298 e. The van der Waals surface area contributed by atoms with Crippen LogP contribution in [0.2, 0.25) is 0 Å². The maximum Gasteiger partial charge on any atom is 0.147 e. The SMILES string of the molecule is CC(=O)C(Br)c1ccc(S)cc1Br. The first-order valence-electron chi connectivity index (χ1n) is 3.65. The normalized spacial score (nSPS) is 12.6. The summed E-state index contributed by atoms with van der Waals surface area (Å²) in [5.41, 5.74) is 0.935. The molecule has 0 heterocycles. The van der Waals surface area contributed by atoms with Crippen LogP contribution in [0.15, 0.2) is 27.6 Å². The van der Waals surface area contributed by atoms with Gasteiger partial charge in [0.15, 0.2) is 0 Å². The standard InChI is InChI=1S/C9H8Br2OS/c1-5(12)9(11)7-3-2-6(13)4-8(7)10/h2-4,9,13H,1H3. The van der Waals surface area contributed by atoms with Crippen molar-refractivity contribution in [3.63, 3.8) is 0 Å². The predicted octanol–water partition coefficient (Wildman–Crippen LogP) is 3.76. The van der Waals surface area contributed by atoms with Gasteiger partial charge in [0.2, 0.25) is 0 Å². The number of benzene rings is 1. The van der Waals surface area contributed by atoms with Gasteiger partial charge in [-0.2, -0.15) is 0 Å². The molecule has 0 bridgehead atoms. The molecule has 4 heteroatoms. The van der Waals surface area contributed by atoms with Crippen molar-refractivity contribution in [1.29, 1.82) is 0 Å². The first-order valence-corrected chi connectivity index (χ1v) is 5.81. The second-order valence-electron chi connectivity index (χ2n) is 2.68. The van der Waals surface area contributed by atoms with Crippen molar-refractivity contribution in [3.8, 4) is 0 Å². The van der Waals surface area contributed by atoms with Crippen molar-refractivity contribution >= 4 is 50.3 Å². The molecule has 1 rings (SSSR count). The van der Waals surface area contributed by atoms with Gasteiger partial charge in [-0.05, 0) is 24.6 Å². The molecule has 0 saturated carbocycles. The Balaban J connectivity index is 3.08. The summed E-state index contributed by atoms with van der Waals surface area (Å²) in [5.74, 6) is 0.0904. The Morgan fingerprint density at radius 1 is 1.54 bits per heavy atom. The van der Waals surface area contributed by atoms with Crippen LogP contribution < -0.4 is 0 Å². The van der Waals surface area contributed by atoms with Crippen molar-refractivity contribution < 1.29 is 4.79 Å². The van der Waals surface area contributed by atoms with Gasteiger partial charge in [-0.15, -0.1) is 12.6 Å². The van der Waals surface area contributed by atoms with Gasteiger partial charge in [0.1, 0.15) is 5.78 Å². The molecule has 0 saturated heterocycles. The van der Waals surface area contributed by atoms with Crippen LogP contribution in [0.3, 0.4) is 0 Å². The molecule has 1 aromatic carbocycles. The number of hydrogen-bond acceptors (Lipinski definition) is 2. The van der Waals surface area contributed by atoms with E-state index in [2.05, 4.69) is 44.5 Å². The van der Waals surface area contributed by atoms with E-state index in [-0.39, 0.29) is 10.6 Å². The largest absolute Gasteiger partial charge is 0.298 e. The third-order valence-electron chi connectivity index (χ3n) is 1.61. The van der Waals surface area contributed by atoms with Crippen LogP contribution in [-0.2, 0) is 4.79 Å². The van der Waals surface area contributed by atoms with Crippen LogP contribution in [0, 0.1) is 0 Å². The first kappa shape index (κ1) is 11.3. The molecule has 0 spiro atoms. The highest BCUT2D eigenvalue weighted by atomic mass is 79.9. The number of carbonyl (C=O) groups is 1. The van der Waals surface area contributed by atoms with Crippen LogP contribution in [0.5, 0.6) is 0 Å². The van der Waals surface area contributed by atoms with E-state index in [1.807, 2.05) is 18.2 Å². The summed E-state index contributed by atoms with van der Waals surface area (Å²) in [6.45, 7) is 1.56. The highest BCUT2D eigenvalue weighted by molar-refractivity contribution is 9.11. The van der Waals surface area contributed by atoms with Crippen LogP contribution in [0.1, 0.15) is 17.3 Å². The lowest BCUT2D eigenvalue weighted by molar-refractivity contribution is -0.116. The Morgan fingerprint density at radius 3 is 2.62 bits per heavy atom. The quantitative estimate of drug-likeness (QED) is 0.647. The Labute approximate surface area is 99.6 Å². The average molecular weight is 324 g/mol. The predicted molar refractivity (Wildman–Crippen MR) is 63.7 cm³/mol. The molecule has 0 fully saturated rings. The number of thiol groups is 1. The van der Waals surface area contributed by atoms with Crippen LogP contribution >= 0.6 is 44.5 Å². The lowest BCUT2D eigenvalue weighted by Crippen LogP contribution is -2.01. The molecule has 70 valence electrons. The lowest BCUT2D eigenvalue weighted by Gasteiger charge is -2.08. The number of alkyl halides is 1. The van der Waals surface area contributed by atoms with Gasteiger partial charge < -0.3 is 0 Å². The Morgan fingerprint density at radius 2 is 2.15 bits per heavy atom. The third-order valence-corrected chi connectivity index (χ3v) is 3.72. The van der Waals surface area contributed by atoms with Crippen LogP contribution in [0.25, 0.3) is 0 Å². The van der Waals surface area contributed by atoms with Crippen molar-refractivity contribution in [2.24, 2.45) is 0 Å². The van der Waals surface area contributed by atoms with E-state index >= 15 is 0 Å². The summed E-state index contributed by atoms with van der Waals surface area (Å²) in [5, 5.41) is 0.